The first-order chi connectivity index (χ1) is 7.04. The van der Waals surface area contributed by atoms with E-state index < -0.39 is 15.7 Å². The van der Waals surface area contributed by atoms with E-state index in [0.29, 0.717) is 12.0 Å². The van der Waals surface area contributed by atoms with Crippen LogP contribution in [0.25, 0.3) is 0 Å². The molecule has 1 aromatic rings. The fourth-order valence-electron chi connectivity index (χ4n) is 1.90. The lowest BCUT2D eigenvalue weighted by molar-refractivity contribution is 0.523. The van der Waals surface area contributed by atoms with Crippen molar-refractivity contribution in [2.45, 2.75) is 17.4 Å². The van der Waals surface area contributed by atoms with Gasteiger partial charge in [-0.25, -0.2) is 12.8 Å². The van der Waals surface area contributed by atoms with Crippen LogP contribution in [0.15, 0.2) is 23.1 Å². The zero-order valence-electron chi connectivity index (χ0n) is 8.33. The van der Waals surface area contributed by atoms with Crippen LogP contribution in [0.3, 0.4) is 0 Å². The number of benzene rings is 1. The van der Waals surface area contributed by atoms with Gasteiger partial charge in [0.05, 0.1) is 10.6 Å². The zero-order chi connectivity index (χ0) is 11.1. The Kier molecular flexibility index (Phi) is 2.52. The maximum absolute atomic E-state index is 13.0. The summed E-state index contributed by atoms with van der Waals surface area (Å²) >= 11 is 0. The van der Waals surface area contributed by atoms with Gasteiger partial charge in [0.2, 0.25) is 0 Å². The van der Waals surface area contributed by atoms with E-state index in [0.717, 1.165) is 6.07 Å². The molecule has 0 saturated carbocycles. The molecule has 1 atom stereocenters. The Hall–Kier alpha value is -0.940. The van der Waals surface area contributed by atoms with E-state index in [4.69, 9.17) is 0 Å². The molecule has 0 fully saturated rings. The van der Waals surface area contributed by atoms with E-state index in [-0.39, 0.29) is 16.7 Å². The average Bonchev–Trinajstić information content (AvgIpc) is 2.19. The van der Waals surface area contributed by atoms with Crippen LogP contribution >= 0.6 is 0 Å². The van der Waals surface area contributed by atoms with Crippen LogP contribution < -0.4 is 5.32 Å². The first kappa shape index (κ1) is 10.6. The van der Waals surface area contributed by atoms with Crippen LogP contribution in [0.5, 0.6) is 0 Å². The van der Waals surface area contributed by atoms with Gasteiger partial charge in [-0.15, -0.1) is 0 Å². The summed E-state index contributed by atoms with van der Waals surface area (Å²) in [4.78, 5) is 0.133. The highest BCUT2D eigenvalue weighted by molar-refractivity contribution is 7.91. The molecular formula is C10H12FNO2S. The summed E-state index contributed by atoms with van der Waals surface area (Å²) in [6.45, 7) is 0. The Morgan fingerprint density at radius 3 is 2.87 bits per heavy atom. The van der Waals surface area contributed by atoms with Crippen molar-refractivity contribution in [1.82, 2.24) is 5.32 Å². The molecule has 0 radical (unpaired) electrons. The molecule has 0 aliphatic carbocycles. The monoisotopic (exact) mass is 229 g/mol. The first-order valence-electron chi connectivity index (χ1n) is 4.74. The summed E-state index contributed by atoms with van der Waals surface area (Å²) in [6.07, 6.45) is 0.539. The summed E-state index contributed by atoms with van der Waals surface area (Å²) in [6, 6.07) is 3.95. The van der Waals surface area contributed by atoms with Crippen LogP contribution in [-0.2, 0) is 9.84 Å². The number of fused-ring (bicyclic) bond motifs is 1. The topological polar surface area (TPSA) is 46.2 Å². The minimum Gasteiger partial charge on any atom is -0.313 e. The van der Waals surface area contributed by atoms with E-state index >= 15 is 0 Å². The Labute approximate surface area is 88.2 Å². The van der Waals surface area contributed by atoms with Crippen LogP contribution in [0, 0.1) is 5.82 Å². The summed E-state index contributed by atoms with van der Waals surface area (Å²) in [5.74, 6) is -0.427. The predicted octanol–water partition coefficient (Wildman–Crippen LogP) is 1.26. The van der Waals surface area contributed by atoms with Crippen molar-refractivity contribution in [2.24, 2.45) is 0 Å². The second-order valence-corrected chi connectivity index (χ2v) is 5.71. The maximum atomic E-state index is 13.0. The Morgan fingerprint density at radius 2 is 2.20 bits per heavy atom. The van der Waals surface area contributed by atoms with Crippen molar-refractivity contribution in [3.63, 3.8) is 0 Å². The van der Waals surface area contributed by atoms with Crippen molar-refractivity contribution in [3.05, 3.63) is 29.6 Å². The largest absolute Gasteiger partial charge is 0.313 e. The Balaban J connectivity index is 2.64. The molecule has 0 bridgehead atoms. The summed E-state index contributed by atoms with van der Waals surface area (Å²) in [7, 11) is -1.51. The molecule has 1 N–H and O–H groups in total. The molecule has 2 rings (SSSR count). The van der Waals surface area contributed by atoms with Gasteiger partial charge in [0, 0.05) is 6.04 Å². The molecular weight excluding hydrogens is 217 g/mol. The molecule has 82 valence electrons. The zero-order valence-corrected chi connectivity index (χ0v) is 9.14. The fraction of sp³-hybridized carbons (Fsp3) is 0.400. The van der Waals surface area contributed by atoms with Crippen LogP contribution in [0.4, 0.5) is 4.39 Å². The Morgan fingerprint density at radius 1 is 1.47 bits per heavy atom. The van der Waals surface area contributed by atoms with Gasteiger partial charge in [0.15, 0.2) is 9.84 Å². The molecule has 1 aliphatic rings. The van der Waals surface area contributed by atoms with Gasteiger partial charge in [-0.2, -0.15) is 0 Å². The second-order valence-electron chi connectivity index (χ2n) is 3.63. The highest BCUT2D eigenvalue weighted by atomic mass is 32.2. The lowest BCUT2D eigenvalue weighted by Crippen LogP contribution is -2.27. The predicted molar refractivity (Wildman–Crippen MR) is 54.9 cm³/mol. The molecule has 5 heteroatoms. The number of rotatable bonds is 1. The quantitative estimate of drug-likeness (QED) is 0.788. The highest BCUT2D eigenvalue weighted by Crippen LogP contribution is 2.32. The Bertz CT molecular complexity index is 484. The SMILES string of the molecule is CNC1CCS(=O)(=O)c2cc(F)ccc21. The van der Waals surface area contributed by atoms with Gasteiger partial charge in [0.25, 0.3) is 0 Å². The minimum atomic E-state index is -3.29. The fourth-order valence-corrected chi connectivity index (χ4v) is 3.53. The van der Waals surface area contributed by atoms with Crippen LogP contribution in [0.1, 0.15) is 18.0 Å². The first-order valence-corrected chi connectivity index (χ1v) is 6.39. The van der Waals surface area contributed by atoms with Crippen molar-refractivity contribution in [2.75, 3.05) is 12.8 Å². The summed E-state index contributed by atoms with van der Waals surface area (Å²) in [5.41, 5.74) is 0.671. The number of halogens is 1. The van der Waals surface area contributed by atoms with Gasteiger partial charge >= 0.3 is 0 Å². The van der Waals surface area contributed by atoms with Crippen molar-refractivity contribution in [1.29, 1.82) is 0 Å². The maximum Gasteiger partial charge on any atom is 0.178 e. The van der Waals surface area contributed by atoms with E-state index in [1.165, 1.54) is 6.07 Å². The lowest BCUT2D eigenvalue weighted by Gasteiger charge is -2.24. The molecule has 15 heavy (non-hydrogen) atoms. The van der Waals surface area contributed by atoms with Gasteiger partial charge < -0.3 is 5.32 Å². The summed E-state index contributed by atoms with van der Waals surface area (Å²) < 4.78 is 36.4. The van der Waals surface area contributed by atoms with Gasteiger partial charge in [-0.05, 0) is 31.2 Å². The highest BCUT2D eigenvalue weighted by Gasteiger charge is 2.29. The molecule has 0 saturated heterocycles. The third-order valence-corrected chi connectivity index (χ3v) is 4.51. The summed E-state index contributed by atoms with van der Waals surface area (Å²) in [5, 5.41) is 3.03. The van der Waals surface area contributed by atoms with Crippen molar-refractivity contribution in [3.8, 4) is 0 Å². The van der Waals surface area contributed by atoms with Crippen LogP contribution in [-0.4, -0.2) is 21.2 Å². The van der Waals surface area contributed by atoms with Crippen molar-refractivity contribution >= 4 is 9.84 Å². The number of sulfone groups is 1. The molecule has 1 heterocycles. The standard InChI is InChI=1S/C10H12FNO2S/c1-12-9-4-5-15(13,14)10-6-7(11)2-3-8(9)10/h2-3,6,9,12H,4-5H2,1H3. The number of nitrogens with one attached hydrogen (secondary N) is 1. The van der Waals surface area contributed by atoms with E-state index in [9.17, 15) is 12.8 Å². The molecule has 1 aromatic carbocycles. The van der Waals surface area contributed by atoms with Crippen LogP contribution in [0.2, 0.25) is 0 Å². The third-order valence-electron chi connectivity index (χ3n) is 2.71. The normalized spacial score (nSPS) is 23.5. The molecule has 0 amide bonds. The van der Waals surface area contributed by atoms with Gasteiger partial charge in [-0.3, -0.25) is 0 Å². The smallest absolute Gasteiger partial charge is 0.178 e. The third kappa shape index (κ3) is 1.77. The van der Waals surface area contributed by atoms with Gasteiger partial charge in [-0.1, -0.05) is 6.07 Å². The van der Waals surface area contributed by atoms with E-state index in [2.05, 4.69) is 5.32 Å². The average molecular weight is 229 g/mol. The number of hydrogen-bond donors (Lipinski definition) is 1. The van der Waals surface area contributed by atoms with Gasteiger partial charge in [0.1, 0.15) is 5.82 Å². The molecule has 1 unspecified atom stereocenters. The minimum absolute atomic E-state index is 0.00382. The number of hydrogen-bond acceptors (Lipinski definition) is 3. The van der Waals surface area contributed by atoms with E-state index in [1.807, 2.05) is 0 Å². The van der Waals surface area contributed by atoms with Crippen molar-refractivity contribution < 1.29 is 12.8 Å². The van der Waals surface area contributed by atoms with E-state index in [1.54, 1.807) is 13.1 Å². The lowest BCUT2D eigenvalue weighted by atomic mass is 10.0. The molecule has 0 spiro atoms. The molecule has 0 aromatic heterocycles. The molecule has 1 aliphatic heterocycles. The second kappa shape index (κ2) is 3.57. The molecule has 3 nitrogen and oxygen atoms in total.